The molecule has 2 N–H and O–H groups in total. The normalized spacial score (nSPS) is 10.3. The monoisotopic (exact) mass is 350 g/mol. The van der Waals surface area contributed by atoms with Gasteiger partial charge in [-0.3, -0.25) is 24.7 Å². The Morgan fingerprint density at radius 2 is 1.88 bits per heavy atom. The van der Waals surface area contributed by atoms with Gasteiger partial charge in [0, 0.05) is 35.9 Å². The van der Waals surface area contributed by atoms with E-state index >= 15 is 0 Å². The molecule has 0 spiro atoms. The SMILES string of the molecule is CNC(=O)c1ccc(C(=O)Nc2ccc3ncccc3c2)c([N+](=O)[O-])c1. The molecule has 2 amide bonds. The maximum absolute atomic E-state index is 12.5. The minimum Gasteiger partial charge on any atom is -0.355 e. The third kappa shape index (κ3) is 3.34. The molecule has 8 nitrogen and oxygen atoms in total. The van der Waals surface area contributed by atoms with Crippen LogP contribution in [0.15, 0.2) is 54.7 Å². The number of carbonyl (C=O) groups excluding carboxylic acids is 2. The second kappa shape index (κ2) is 6.98. The Balaban J connectivity index is 1.93. The number of hydrogen-bond donors (Lipinski definition) is 2. The van der Waals surface area contributed by atoms with Gasteiger partial charge in [0.1, 0.15) is 5.56 Å². The molecule has 2 aromatic carbocycles. The van der Waals surface area contributed by atoms with Crippen molar-refractivity contribution in [3.05, 3.63) is 76.0 Å². The molecule has 8 heteroatoms. The van der Waals surface area contributed by atoms with E-state index in [0.717, 1.165) is 17.0 Å². The van der Waals surface area contributed by atoms with Crippen molar-refractivity contribution in [2.24, 2.45) is 0 Å². The van der Waals surface area contributed by atoms with Gasteiger partial charge in [0.25, 0.3) is 17.5 Å². The van der Waals surface area contributed by atoms with E-state index in [1.165, 1.54) is 19.2 Å². The Bertz CT molecular complexity index is 1030. The Hall–Kier alpha value is -3.81. The molecule has 0 fully saturated rings. The summed E-state index contributed by atoms with van der Waals surface area (Å²) in [6.45, 7) is 0. The highest BCUT2D eigenvalue weighted by Crippen LogP contribution is 2.23. The average molecular weight is 350 g/mol. The first-order chi connectivity index (χ1) is 12.5. The van der Waals surface area contributed by atoms with Crippen LogP contribution in [0.3, 0.4) is 0 Å². The van der Waals surface area contributed by atoms with Crippen LogP contribution in [-0.4, -0.2) is 28.8 Å². The van der Waals surface area contributed by atoms with Gasteiger partial charge in [-0.25, -0.2) is 0 Å². The first-order valence-corrected chi connectivity index (χ1v) is 7.66. The largest absolute Gasteiger partial charge is 0.355 e. The molecule has 0 atom stereocenters. The van der Waals surface area contributed by atoms with Crippen molar-refractivity contribution < 1.29 is 14.5 Å². The van der Waals surface area contributed by atoms with Crippen molar-refractivity contribution in [1.82, 2.24) is 10.3 Å². The summed E-state index contributed by atoms with van der Waals surface area (Å²) in [6, 6.07) is 12.5. The lowest BCUT2D eigenvalue weighted by atomic mass is 10.1. The zero-order valence-electron chi connectivity index (χ0n) is 13.7. The van der Waals surface area contributed by atoms with E-state index in [1.54, 1.807) is 30.5 Å². The molecule has 130 valence electrons. The lowest BCUT2D eigenvalue weighted by molar-refractivity contribution is -0.385. The van der Waals surface area contributed by atoms with Crippen LogP contribution in [0.1, 0.15) is 20.7 Å². The average Bonchev–Trinajstić information content (AvgIpc) is 2.66. The number of rotatable bonds is 4. The summed E-state index contributed by atoms with van der Waals surface area (Å²) in [4.78, 5) is 38.9. The summed E-state index contributed by atoms with van der Waals surface area (Å²) in [7, 11) is 1.42. The second-order valence-corrected chi connectivity index (χ2v) is 5.43. The lowest BCUT2D eigenvalue weighted by Gasteiger charge is -2.08. The van der Waals surface area contributed by atoms with E-state index in [0.29, 0.717) is 5.69 Å². The number of benzene rings is 2. The topological polar surface area (TPSA) is 114 Å². The van der Waals surface area contributed by atoms with Gasteiger partial charge in [0.2, 0.25) is 0 Å². The first-order valence-electron chi connectivity index (χ1n) is 7.66. The Morgan fingerprint density at radius 1 is 1.08 bits per heavy atom. The molecule has 1 heterocycles. The summed E-state index contributed by atoms with van der Waals surface area (Å²) in [5.41, 5.74) is 0.791. The first kappa shape index (κ1) is 17.0. The Labute approximate surface area is 148 Å². The van der Waals surface area contributed by atoms with E-state index < -0.39 is 22.4 Å². The zero-order valence-corrected chi connectivity index (χ0v) is 13.7. The van der Waals surface area contributed by atoms with Crippen molar-refractivity contribution in [3.8, 4) is 0 Å². The summed E-state index contributed by atoms with van der Waals surface area (Å²) in [5, 5.41) is 17.2. The Kier molecular flexibility index (Phi) is 4.57. The number of nitro benzene ring substituents is 1. The van der Waals surface area contributed by atoms with Crippen LogP contribution in [-0.2, 0) is 0 Å². The highest BCUT2D eigenvalue weighted by atomic mass is 16.6. The van der Waals surface area contributed by atoms with Gasteiger partial charge in [-0.1, -0.05) is 6.07 Å². The molecule has 1 aromatic heterocycles. The minimum absolute atomic E-state index is 0.104. The van der Waals surface area contributed by atoms with Crippen LogP contribution >= 0.6 is 0 Å². The number of carbonyl (C=O) groups is 2. The molecule has 0 aliphatic carbocycles. The van der Waals surface area contributed by atoms with Crippen molar-refractivity contribution in [1.29, 1.82) is 0 Å². The second-order valence-electron chi connectivity index (χ2n) is 5.43. The number of hydrogen-bond acceptors (Lipinski definition) is 5. The van der Waals surface area contributed by atoms with Gasteiger partial charge in [0.05, 0.1) is 10.4 Å². The van der Waals surface area contributed by atoms with E-state index in [4.69, 9.17) is 0 Å². The number of amides is 2. The number of nitro groups is 1. The summed E-state index contributed by atoms with van der Waals surface area (Å²) in [6.07, 6.45) is 1.66. The predicted molar refractivity (Wildman–Crippen MR) is 96.2 cm³/mol. The van der Waals surface area contributed by atoms with Gasteiger partial charge >= 0.3 is 0 Å². The van der Waals surface area contributed by atoms with Crippen LogP contribution in [0.4, 0.5) is 11.4 Å². The maximum Gasteiger partial charge on any atom is 0.282 e. The fourth-order valence-corrected chi connectivity index (χ4v) is 2.51. The van der Waals surface area contributed by atoms with E-state index in [1.807, 2.05) is 6.07 Å². The number of fused-ring (bicyclic) bond motifs is 1. The number of anilines is 1. The van der Waals surface area contributed by atoms with Gasteiger partial charge in [0.15, 0.2) is 0 Å². The van der Waals surface area contributed by atoms with Crippen molar-refractivity contribution in [2.45, 2.75) is 0 Å². The van der Waals surface area contributed by atoms with Gasteiger partial charge in [-0.15, -0.1) is 0 Å². The van der Waals surface area contributed by atoms with Crippen LogP contribution in [0.2, 0.25) is 0 Å². The molecule has 0 saturated heterocycles. The van der Waals surface area contributed by atoms with Crippen LogP contribution in [0.5, 0.6) is 0 Å². The standard InChI is InChI=1S/C18H14N4O4/c1-19-17(23)12-4-6-14(16(10-12)22(25)26)18(24)21-13-5-7-15-11(9-13)3-2-8-20-15/h2-10H,1H3,(H,19,23)(H,21,24). The number of nitrogens with one attached hydrogen (secondary N) is 2. The molecule has 0 saturated carbocycles. The molecular formula is C18H14N4O4. The maximum atomic E-state index is 12.5. The van der Waals surface area contributed by atoms with Crippen LogP contribution in [0, 0.1) is 10.1 Å². The van der Waals surface area contributed by atoms with E-state index in [2.05, 4.69) is 15.6 Å². The molecule has 0 aliphatic heterocycles. The fourth-order valence-electron chi connectivity index (χ4n) is 2.51. The third-order valence-electron chi connectivity index (χ3n) is 3.79. The molecule has 0 unspecified atom stereocenters. The molecule has 3 rings (SSSR count). The quantitative estimate of drug-likeness (QED) is 0.555. The summed E-state index contributed by atoms with van der Waals surface area (Å²) < 4.78 is 0. The molecule has 0 radical (unpaired) electrons. The molecule has 0 bridgehead atoms. The van der Waals surface area contributed by atoms with Crippen molar-refractivity contribution in [3.63, 3.8) is 0 Å². The number of pyridine rings is 1. The summed E-state index contributed by atoms with van der Waals surface area (Å²) in [5.74, 6) is -1.11. The van der Waals surface area contributed by atoms with E-state index in [9.17, 15) is 19.7 Å². The van der Waals surface area contributed by atoms with Gasteiger partial charge < -0.3 is 10.6 Å². The van der Waals surface area contributed by atoms with Crippen LogP contribution in [0.25, 0.3) is 10.9 Å². The molecular weight excluding hydrogens is 336 g/mol. The molecule has 26 heavy (non-hydrogen) atoms. The van der Waals surface area contributed by atoms with Gasteiger partial charge in [-0.05, 0) is 36.4 Å². The number of nitrogens with zero attached hydrogens (tertiary/aromatic N) is 2. The molecule has 0 aliphatic rings. The van der Waals surface area contributed by atoms with Crippen LogP contribution < -0.4 is 10.6 Å². The third-order valence-corrected chi connectivity index (χ3v) is 3.79. The van der Waals surface area contributed by atoms with Crippen molar-refractivity contribution in [2.75, 3.05) is 12.4 Å². The lowest BCUT2D eigenvalue weighted by Crippen LogP contribution is -2.19. The highest BCUT2D eigenvalue weighted by Gasteiger charge is 2.22. The fraction of sp³-hybridized carbons (Fsp3) is 0.0556. The zero-order chi connectivity index (χ0) is 18.7. The molecule has 3 aromatic rings. The van der Waals surface area contributed by atoms with E-state index in [-0.39, 0.29) is 11.1 Å². The summed E-state index contributed by atoms with van der Waals surface area (Å²) >= 11 is 0. The highest BCUT2D eigenvalue weighted by molar-refractivity contribution is 6.08. The number of aromatic nitrogens is 1. The minimum atomic E-state index is -0.689. The smallest absolute Gasteiger partial charge is 0.282 e. The predicted octanol–water partition coefficient (Wildman–Crippen LogP) is 2.75. The van der Waals surface area contributed by atoms with Gasteiger partial charge in [-0.2, -0.15) is 0 Å². The Morgan fingerprint density at radius 3 is 2.62 bits per heavy atom. The van der Waals surface area contributed by atoms with Crippen molar-refractivity contribution >= 4 is 34.1 Å².